The second-order valence-electron chi connectivity index (χ2n) is 9.46. The maximum Gasteiger partial charge on any atom is 0.119 e. The Hall–Kier alpha value is -4.10. The third-order valence-corrected chi connectivity index (χ3v) is 7.18. The van der Waals surface area contributed by atoms with Gasteiger partial charge in [-0.15, -0.1) is 19.7 Å². The zero-order valence-corrected chi connectivity index (χ0v) is 21.5. The van der Waals surface area contributed by atoms with Crippen LogP contribution in [0.2, 0.25) is 0 Å². The van der Waals surface area contributed by atoms with Crippen LogP contribution in [0.3, 0.4) is 0 Å². The first kappa shape index (κ1) is 26.0. The summed E-state index contributed by atoms with van der Waals surface area (Å²) in [6.45, 7) is 12.3. The molecule has 0 fully saturated rings. The Morgan fingerprint density at radius 1 is 0.486 bits per heavy atom. The van der Waals surface area contributed by atoms with E-state index in [-0.39, 0.29) is 17.8 Å². The van der Waals surface area contributed by atoms with Gasteiger partial charge in [0, 0.05) is 23.3 Å². The third kappa shape index (κ3) is 5.84. The van der Waals surface area contributed by atoms with Gasteiger partial charge in [-0.3, -0.25) is 0 Å². The maximum atomic E-state index is 11.5. The van der Waals surface area contributed by atoms with Crippen LogP contribution in [0, 0.1) is 0 Å². The van der Waals surface area contributed by atoms with Crippen molar-refractivity contribution in [3.63, 3.8) is 0 Å². The van der Waals surface area contributed by atoms with Gasteiger partial charge in [0.2, 0.25) is 0 Å². The Kier molecular flexibility index (Phi) is 8.94. The fourth-order valence-corrected chi connectivity index (χ4v) is 5.54. The molecular formula is C36H36O. The van der Waals surface area contributed by atoms with E-state index in [9.17, 15) is 5.11 Å². The van der Waals surface area contributed by atoms with Crippen molar-refractivity contribution in [1.29, 1.82) is 0 Å². The molecule has 0 saturated heterocycles. The molecule has 0 amide bonds. The van der Waals surface area contributed by atoms with E-state index in [1.165, 1.54) is 27.8 Å². The van der Waals surface area contributed by atoms with Gasteiger partial charge in [-0.1, -0.05) is 115 Å². The van der Waals surface area contributed by atoms with Crippen LogP contribution < -0.4 is 0 Å². The highest BCUT2D eigenvalue weighted by Gasteiger charge is 2.30. The fourth-order valence-electron chi connectivity index (χ4n) is 5.54. The maximum absolute atomic E-state index is 11.5. The molecule has 4 rings (SSSR count). The van der Waals surface area contributed by atoms with Crippen LogP contribution in [0.15, 0.2) is 141 Å². The minimum atomic E-state index is -0.0233. The zero-order valence-electron chi connectivity index (χ0n) is 21.5. The average molecular weight is 485 g/mol. The first-order valence-corrected chi connectivity index (χ1v) is 13.0. The summed E-state index contributed by atoms with van der Waals surface area (Å²) >= 11 is 0. The van der Waals surface area contributed by atoms with Gasteiger partial charge in [0.05, 0.1) is 0 Å². The highest BCUT2D eigenvalue weighted by atomic mass is 16.3. The highest BCUT2D eigenvalue weighted by molar-refractivity contribution is 5.57. The van der Waals surface area contributed by atoms with Gasteiger partial charge in [0.1, 0.15) is 5.75 Å². The smallest absolute Gasteiger partial charge is 0.119 e. The molecule has 186 valence electrons. The van der Waals surface area contributed by atoms with E-state index in [1.54, 1.807) is 0 Å². The summed E-state index contributed by atoms with van der Waals surface area (Å²) in [6.07, 6.45) is 8.23. The Bertz CT molecular complexity index is 1310. The minimum Gasteiger partial charge on any atom is -0.508 e. The Balaban J connectivity index is 2.07. The van der Waals surface area contributed by atoms with Crippen molar-refractivity contribution in [1.82, 2.24) is 0 Å². The lowest BCUT2D eigenvalue weighted by atomic mass is 9.73. The van der Waals surface area contributed by atoms with E-state index in [4.69, 9.17) is 0 Å². The van der Waals surface area contributed by atoms with Crippen LogP contribution in [0.25, 0.3) is 0 Å². The summed E-state index contributed by atoms with van der Waals surface area (Å²) in [7, 11) is 0. The fraction of sp³-hybridized carbons (Fsp3) is 0.167. The topological polar surface area (TPSA) is 20.2 Å². The first-order chi connectivity index (χ1) is 18.2. The Labute approximate surface area is 222 Å². The molecule has 0 radical (unpaired) electrons. The van der Waals surface area contributed by atoms with Gasteiger partial charge < -0.3 is 5.11 Å². The molecule has 0 aromatic heterocycles. The lowest BCUT2D eigenvalue weighted by Gasteiger charge is -2.31. The number of benzene rings is 4. The van der Waals surface area contributed by atoms with Crippen molar-refractivity contribution >= 4 is 0 Å². The van der Waals surface area contributed by atoms with Gasteiger partial charge in [0.15, 0.2) is 0 Å². The normalized spacial score (nSPS) is 13.3. The third-order valence-electron chi connectivity index (χ3n) is 7.18. The van der Waals surface area contributed by atoms with Crippen molar-refractivity contribution in [2.24, 2.45) is 0 Å². The summed E-state index contributed by atoms with van der Waals surface area (Å²) in [6, 6.07) is 35.7. The monoisotopic (exact) mass is 484 g/mol. The molecule has 3 unspecified atom stereocenters. The number of rotatable bonds is 12. The lowest BCUT2D eigenvalue weighted by Crippen LogP contribution is -2.15. The highest BCUT2D eigenvalue weighted by Crippen LogP contribution is 2.47. The molecule has 1 heteroatoms. The van der Waals surface area contributed by atoms with Gasteiger partial charge in [-0.2, -0.15) is 0 Å². The van der Waals surface area contributed by atoms with Crippen LogP contribution >= 0.6 is 0 Å². The quantitative estimate of drug-likeness (QED) is 0.198. The molecule has 0 spiro atoms. The van der Waals surface area contributed by atoms with E-state index in [0.717, 1.165) is 24.8 Å². The van der Waals surface area contributed by atoms with Gasteiger partial charge in [-0.25, -0.2) is 0 Å². The molecule has 37 heavy (non-hydrogen) atoms. The van der Waals surface area contributed by atoms with E-state index in [0.29, 0.717) is 5.75 Å². The number of hydrogen-bond acceptors (Lipinski definition) is 1. The number of hydrogen-bond donors (Lipinski definition) is 1. The summed E-state index contributed by atoms with van der Waals surface area (Å²) in [4.78, 5) is 0. The van der Waals surface area contributed by atoms with Crippen LogP contribution in [0.4, 0.5) is 0 Å². The van der Waals surface area contributed by atoms with E-state index < -0.39 is 0 Å². The summed E-state index contributed by atoms with van der Waals surface area (Å²) in [5.74, 6) is 0.460. The molecule has 0 aliphatic heterocycles. The molecule has 0 heterocycles. The number of allylic oxidation sites excluding steroid dienone is 3. The number of phenolic OH excluding ortho intramolecular Hbond substituents is 1. The van der Waals surface area contributed by atoms with Crippen molar-refractivity contribution in [3.8, 4) is 5.75 Å². The Morgan fingerprint density at radius 3 is 1.30 bits per heavy atom. The largest absolute Gasteiger partial charge is 0.508 e. The molecular weight excluding hydrogens is 448 g/mol. The Morgan fingerprint density at radius 2 is 0.865 bits per heavy atom. The molecule has 1 N–H and O–H groups in total. The van der Waals surface area contributed by atoms with Crippen molar-refractivity contribution in [3.05, 3.63) is 174 Å². The van der Waals surface area contributed by atoms with Gasteiger partial charge in [-0.05, 0) is 53.1 Å². The predicted molar refractivity (Wildman–Crippen MR) is 157 cm³/mol. The molecule has 4 aromatic carbocycles. The van der Waals surface area contributed by atoms with E-state index >= 15 is 0 Å². The van der Waals surface area contributed by atoms with Crippen LogP contribution in [0.1, 0.15) is 70.4 Å². The second kappa shape index (κ2) is 12.7. The molecule has 0 saturated carbocycles. The summed E-state index contributed by atoms with van der Waals surface area (Å²) in [5.41, 5.74) is 7.00. The molecule has 4 aromatic rings. The lowest BCUT2D eigenvalue weighted by molar-refractivity contribution is 0.461. The van der Waals surface area contributed by atoms with Gasteiger partial charge >= 0.3 is 0 Å². The number of phenols is 1. The summed E-state index contributed by atoms with van der Waals surface area (Å²) < 4.78 is 0. The van der Waals surface area contributed by atoms with E-state index in [1.807, 2.05) is 36.4 Å². The minimum absolute atomic E-state index is 0.0233. The van der Waals surface area contributed by atoms with Crippen LogP contribution in [0.5, 0.6) is 5.75 Å². The summed E-state index contributed by atoms with van der Waals surface area (Å²) in [5, 5.41) is 11.5. The number of aromatic hydroxyl groups is 1. The zero-order chi connectivity index (χ0) is 26.0. The van der Waals surface area contributed by atoms with Crippen molar-refractivity contribution in [2.45, 2.75) is 37.0 Å². The first-order valence-electron chi connectivity index (χ1n) is 13.0. The molecule has 3 atom stereocenters. The van der Waals surface area contributed by atoms with Crippen LogP contribution in [-0.2, 0) is 0 Å². The van der Waals surface area contributed by atoms with Crippen molar-refractivity contribution < 1.29 is 5.11 Å². The average Bonchev–Trinajstić information content (AvgIpc) is 2.95. The SMILES string of the molecule is C=CCC(c1ccccc1)c1ccc(O)c(C(CC=C)c2ccccc2)c1C(CC=C)c1ccccc1. The van der Waals surface area contributed by atoms with Crippen molar-refractivity contribution in [2.75, 3.05) is 0 Å². The van der Waals surface area contributed by atoms with Crippen LogP contribution in [-0.4, -0.2) is 5.11 Å². The van der Waals surface area contributed by atoms with E-state index in [2.05, 4.69) is 105 Å². The van der Waals surface area contributed by atoms with Gasteiger partial charge in [0.25, 0.3) is 0 Å². The molecule has 0 bridgehead atoms. The standard InChI is InChI=1S/C36H36O/c1-4-16-30(27-19-10-7-11-20-27)33-25-26-34(37)36(32(18-6-3)29-23-14-9-15-24-29)35(33)31(17-5-2)28-21-12-8-13-22-28/h4-15,19-26,30-32,37H,1-3,16-18H2. The predicted octanol–water partition coefficient (Wildman–Crippen LogP) is 9.52. The molecule has 1 nitrogen and oxygen atoms in total. The second-order valence-corrected chi connectivity index (χ2v) is 9.46. The molecule has 0 aliphatic rings. The molecule has 0 aliphatic carbocycles.